The molecule has 0 unspecified atom stereocenters. The van der Waals surface area contributed by atoms with Gasteiger partial charge in [-0.1, -0.05) is 35.5 Å². The van der Waals surface area contributed by atoms with E-state index in [1.807, 2.05) is 42.2 Å². The lowest BCUT2D eigenvalue weighted by molar-refractivity contribution is -0.138. The van der Waals surface area contributed by atoms with E-state index in [9.17, 15) is 4.79 Å². The van der Waals surface area contributed by atoms with Crippen LogP contribution in [0.5, 0.6) is 0 Å². The van der Waals surface area contributed by atoms with Gasteiger partial charge in [0.05, 0.1) is 25.3 Å². The fourth-order valence-corrected chi connectivity index (χ4v) is 2.51. The Kier molecular flexibility index (Phi) is 4.01. The molecule has 21 heavy (non-hydrogen) atoms. The molecule has 2 aromatic rings. The van der Waals surface area contributed by atoms with E-state index in [4.69, 9.17) is 9.26 Å². The minimum Gasteiger partial charge on any atom is -0.370 e. The molecule has 5 heteroatoms. The number of nitrogens with zero attached hydrogens (tertiary/aromatic N) is 2. The number of hydrogen-bond donors (Lipinski definition) is 0. The summed E-state index contributed by atoms with van der Waals surface area (Å²) in [6.07, 6.45) is 0.197. The average Bonchev–Trinajstić information content (AvgIpc) is 2.93. The molecule has 1 amide bonds. The van der Waals surface area contributed by atoms with Gasteiger partial charge < -0.3 is 14.2 Å². The molecule has 1 aromatic carbocycles. The van der Waals surface area contributed by atoms with Gasteiger partial charge in [-0.3, -0.25) is 4.79 Å². The van der Waals surface area contributed by atoms with Gasteiger partial charge in [-0.15, -0.1) is 0 Å². The van der Waals surface area contributed by atoms with Gasteiger partial charge >= 0.3 is 0 Å². The Balaban J connectivity index is 1.64. The first kappa shape index (κ1) is 13.8. The van der Waals surface area contributed by atoms with Crippen LogP contribution in [0, 0.1) is 6.92 Å². The molecule has 1 aromatic heterocycles. The van der Waals surface area contributed by atoms with Gasteiger partial charge in [0.25, 0.3) is 0 Å². The summed E-state index contributed by atoms with van der Waals surface area (Å²) in [5.41, 5.74) is 1.90. The van der Waals surface area contributed by atoms with Gasteiger partial charge in [0.1, 0.15) is 11.9 Å². The second-order valence-corrected chi connectivity index (χ2v) is 5.22. The molecule has 0 aliphatic carbocycles. The first-order chi connectivity index (χ1) is 10.2. The number of aryl methyl sites for hydroxylation is 1. The highest BCUT2D eigenvalue weighted by molar-refractivity contribution is 5.78. The summed E-state index contributed by atoms with van der Waals surface area (Å²) < 4.78 is 10.9. The van der Waals surface area contributed by atoms with Crippen molar-refractivity contribution in [1.29, 1.82) is 0 Å². The van der Waals surface area contributed by atoms with Crippen LogP contribution in [0.25, 0.3) is 0 Å². The Hall–Kier alpha value is -2.14. The van der Waals surface area contributed by atoms with E-state index < -0.39 is 0 Å². The zero-order valence-electron chi connectivity index (χ0n) is 12.0. The molecule has 1 fully saturated rings. The zero-order valence-corrected chi connectivity index (χ0v) is 12.0. The summed E-state index contributed by atoms with van der Waals surface area (Å²) in [6, 6.07) is 11.8. The van der Waals surface area contributed by atoms with E-state index in [1.54, 1.807) is 6.07 Å². The highest BCUT2D eigenvalue weighted by Crippen LogP contribution is 2.22. The predicted molar refractivity (Wildman–Crippen MR) is 76.7 cm³/mol. The van der Waals surface area contributed by atoms with Crippen LogP contribution in [0.15, 0.2) is 40.9 Å². The molecule has 0 spiro atoms. The van der Waals surface area contributed by atoms with E-state index in [0.29, 0.717) is 25.5 Å². The number of amides is 1. The standard InChI is InChI=1S/C16H18N2O3/c1-12-9-14(21-17-12)10-16(19)18-7-8-20-15(11-18)13-5-3-2-4-6-13/h2-6,9,15H,7-8,10-11H2,1H3/t15-/m0/s1. The maximum atomic E-state index is 12.3. The Labute approximate surface area is 123 Å². The van der Waals surface area contributed by atoms with Gasteiger partial charge in [0, 0.05) is 12.6 Å². The SMILES string of the molecule is Cc1cc(CC(=O)N2CCO[C@H](c3ccccc3)C2)on1. The summed E-state index contributed by atoms with van der Waals surface area (Å²) >= 11 is 0. The summed E-state index contributed by atoms with van der Waals surface area (Å²) in [5, 5.41) is 3.81. The van der Waals surface area contributed by atoms with Gasteiger partial charge in [0.2, 0.25) is 5.91 Å². The second-order valence-electron chi connectivity index (χ2n) is 5.22. The van der Waals surface area contributed by atoms with Crippen LogP contribution in [0.3, 0.4) is 0 Å². The molecular weight excluding hydrogens is 268 g/mol. The average molecular weight is 286 g/mol. The van der Waals surface area contributed by atoms with Crippen LogP contribution >= 0.6 is 0 Å². The van der Waals surface area contributed by atoms with Crippen molar-refractivity contribution in [2.45, 2.75) is 19.4 Å². The molecule has 1 aliphatic rings. The number of ether oxygens (including phenoxy) is 1. The third-order valence-corrected chi connectivity index (χ3v) is 3.59. The van der Waals surface area contributed by atoms with Gasteiger partial charge in [-0.05, 0) is 12.5 Å². The first-order valence-electron chi connectivity index (χ1n) is 7.09. The maximum absolute atomic E-state index is 12.3. The van der Waals surface area contributed by atoms with Crippen LogP contribution in [0.4, 0.5) is 0 Å². The van der Waals surface area contributed by atoms with Crippen molar-refractivity contribution in [2.75, 3.05) is 19.7 Å². The minimum atomic E-state index is -0.0552. The second kappa shape index (κ2) is 6.10. The summed E-state index contributed by atoms with van der Waals surface area (Å²) in [5.74, 6) is 0.663. The van der Waals surface area contributed by atoms with Crippen LogP contribution in [0.1, 0.15) is 23.1 Å². The highest BCUT2D eigenvalue weighted by Gasteiger charge is 2.25. The lowest BCUT2D eigenvalue weighted by atomic mass is 10.1. The predicted octanol–water partition coefficient (Wildman–Crippen LogP) is 2.13. The van der Waals surface area contributed by atoms with Crippen molar-refractivity contribution in [3.8, 4) is 0 Å². The zero-order chi connectivity index (χ0) is 14.7. The fourth-order valence-electron chi connectivity index (χ4n) is 2.51. The first-order valence-corrected chi connectivity index (χ1v) is 7.09. The lowest BCUT2D eigenvalue weighted by Crippen LogP contribution is -2.42. The number of aromatic nitrogens is 1. The molecule has 1 atom stereocenters. The largest absolute Gasteiger partial charge is 0.370 e. The van der Waals surface area contributed by atoms with Crippen LogP contribution in [-0.4, -0.2) is 35.7 Å². The fraction of sp³-hybridized carbons (Fsp3) is 0.375. The van der Waals surface area contributed by atoms with Crippen molar-refractivity contribution in [1.82, 2.24) is 10.1 Å². The van der Waals surface area contributed by atoms with Crippen molar-refractivity contribution in [3.63, 3.8) is 0 Å². The van der Waals surface area contributed by atoms with E-state index in [0.717, 1.165) is 11.3 Å². The maximum Gasteiger partial charge on any atom is 0.230 e. The molecule has 110 valence electrons. The topological polar surface area (TPSA) is 55.6 Å². The Morgan fingerprint density at radius 1 is 1.38 bits per heavy atom. The van der Waals surface area contributed by atoms with Crippen LogP contribution in [0.2, 0.25) is 0 Å². The number of morpholine rings is 1. The molecule has 0 N–H and O–H groups in total. The molecule has 1 saturated heterocycles. The Bertz CT molecular complexity index is 609. The van der Waals surface area contributed by atoms with Crippen molar-refractivity contribution < 1.29 is 14.1 Å². The van der Waals surface area contributed by atoms with Gasteiger partial charge in [-0.2, -0.15) is 0 Å². The van der Waals surface area contributed by atoms with E-state index in [2.05, 4.69) is 5.16 Å². The number of carbonyl (C=O) groups is 1. The summed E-state index contributed by atoms with van der Waals surface area (Å²) in [4.78, 5) is 14.2. The Morgan fingerprint density at radius 2 is 2.19 bits per heavy atom. The minimum absolute atomic E-state index is 0.0513. The molecular formula is C16H18N2O3. The molecule has 1 aliphatic heterocycles. The van der Waals surface area contributed by atoms with Crippen molar-refractivity contribution in [2.24, 2.45) is 0 Å². The van der Waals surface area contributed by atoms with Crippen molar-refractivity contribution in [3.05, 3.63) is 53.4 Å². The lowest BCUT2D eigenvalue weighted by Gasteiger charge is -2.33. The number of hydrogen-bond acceptors (Lipinski definition) is 4. The number of benzene rings is 1. The highest BCUT2D eigenvalue weighted by atomic mass is 16.5. The number of carbonyl (C=O) groups excluding carboxylic acids is 1. The van der Waals surface area contributed by atoms with Crippen LogP contribution in [-0.2, 0) is 16.0 Å². The van der Waals surface area contributed by atoms with E-state index >= 15 is 0 Å². The van der Waals surface area contributed by atoms with Gasteiger partial charge in [0.15, 0.2) is 0 Å². The number of rotatable bonds is 3. The van der Waals surface area contributed by atoms with Crippen molar-refractivity contribution >= 4 is 5.91 Å². The molecule has 5 nitrogen and oxygen atoms in total. The Morgan fingerprint density at radius 3 is 2.90 bits per heavy atom. The molecule has 3 rings (SSSR count). The third-order valence-electron chi connectivity index (χ3n) is 3.59. The quantitative estimate of drug-likeness (QED) is 0.867. The molecule has 0 radical (unpaired) electrons. The third kappa shape index (κ3) is 3.31. The van der Waals surface area contributed by atoms with Gasteiger partial charge in [-0.25, -0.2) is 0 Å². The van der Waals surface area contributed by atoms with Crippen LogP contribution < -0.4 is 0 Å². The normalized spacial score (nSPS) is 18.7. The smallest absolute Gasteiger partial charge is 0.230 e. The van der Waals surface area contributed by atoms with E-state index in [-0.39, 0.29) is 18.4 Å². The molecule has 0 saturated carbocycles. The molecule has 0 bridgehead atoms. The monoisotopic (exact) mass is 286 g/mol. The van der Waals surface area contributed by atoms with E-state index in [1.165, 1.54) is 0 Å². The summed E-state index contributed by atoms with van der Waals surface area (Å²) in [7, 11) is 0. The molecule has 2 heterocycles. The summed E-state index contributed by atoms with van der Waals surface area (Å²) in [6.45, 7) is 3.60.